The van der Waals surface area contributed by atoms with E-state index >= 15 is 0 Å². The Morgan fingerprint density at radius 1 is 1.17 bits per heavy atom. The number of aromatic nitrogens is 1. The van der Waals surface area contributed by atoms with E-state index in [1.165, 1.54) is 0 Å². The number of likely N-dealkylation sites (tertiary alicyclic amines) is 1. The van der Waals surface area contributed by atoms with Crippen LogP contribution < -0.4 is 5.32 Å². The highest BCUT2D eigenvalue weighted by molar-refractivity contribution is 5.96. The van der Waals surface area contributed by atoms with Crippen LogP contribution in [0, 0.1) is 0 Å². The lowest BCUT2D eigenvalue weighted by molar-refractivity contribution is -0.125. The van der Waals surface area contributed by atoms with Crippen molar-refractivity contribution in [3.63, 3.8) is 0 Å². The van der Waals surface area contributed by atoms with E-state index in [1.54, 1.807) is 11.0 Å². The number of hydrogen-bond acceptors (Lipinski definition) is 4. The van der Waals surface area contributed by atoms with Crippen molar-refractivity contribution in [1.82, 2.24) is 15.4 Å². The molecule has 1 N–H and O–H groups in total. The van der Waals surface area contributed by atoms with E-state index in [2.05, 4.69) is 10.5 Å². The zero-order valence-corrected chi connectivity index (χ0v) is 13.3. The molecule has 1 saturated carbocycles. The minimum Gasteiger partial charge on any atom is -0.352 e. The van der Waals surface area contributed by atoms with Crippen molar-refractivity contribution in [3.8, 4) is 11.3 Å². The number of nitrogens with one attached hydrogen (secondary N) is 1. The summed E-state index contributed by atoms with van der Waals surface area (Å²) in [6.07, 6.45) is 3.60. The zero-order valence-electron chi connectivity index (χ0n) is 13.3. The van der Waals surface area contributed by atoms with E-state index in [0.717, 1.165) is 24.8 Å². The average molecular weight is 325 g/mol. The summed E-state index contributed by atoms with van der Waals surface area (Å²) in [5, 5.41) is 6.97. The standard InChI is InChI=1S/C18H19N3O3/c22-17(19-13-8-9-13)15-7-4-10-21(15)18(23)16-11-14(20-24-16)12-5-2-1-3-6-12/h1-3,5-6,11,13,15H,4,7-10H2,(H,19,22). The van der Waals surface area contributed by atoms with Crippen LogP contribution in [0.15, 0.2) is 40.9 Å². The first kappa shape index (κ1) is 14.9. The van der Waals surface area contributed by atoms with Gasteiger partial charge in [-0.2, -0.15) is 0 Å². The first-order valence-electron chi connectivity index (χ1n) is 8.36. The first-order chi connectivity index (χ1) is 11.7. The number of carbonyl (C=O) groups is 2. The van der Waals surface area contributed by atoms with Gasteiger partial charge in [-0.05, 0) is 25.7 Å². The van der Waals surface area contributed by atoms with Crippen molar-refractivity contribution in [1.29, 1.82) is 0 Å². The van der Waals surface area contributed by atoms with Gasteiger partial charge in [0, 0.05) is 24.2 Å². The van der Waals surface area contributed by atoms with Crippen LogP contribution in [-0.4, -0.2) is 40.5 Å². The van der Waals surface area contributed by atoms with Crippen LogP contribution in [0.3, 0.4) is 0 Å². The lowest BCUT2D eigenvalue weighted by Crippen LogP contribution is -2.46. The lowest BCUT2D eigenvalue weighted by Gasteiger charge is -2.22. The minimum atomic E-state index is -0.400. The van der Waals surface area contributed by atoms with Crippen LogP contribution in [-0.2, 0) is 4.79 Å². The van der Waals surface area contributed by atoms with Crippen molar-refractivity contribution >= 4 is 11.8 Å². The summed E-state index contributed by atoms with van der Waals surface area (Å²) in [5.74, 6) is -0.135. The van der Waals surface area contributed by atoms with Gasteiger partial charge in [-0.3, -0.25) is 9.59 Å². The number of amides is 2. The number of rotatable bonds is 4. The lowest BCUT2D eigenvalue weighted by atomic mass is 10.1. The predicted octanol–water partition coefficient (Wildman–Crippen LogP) is 2.22. The molecule has 1 aliphatic heterocycles. The molecule has 2 heterocycles. The molecular formula is C18H19N3O3. The summed E-state index contributed by atoms with van der Waals surface area (Å²) in [4.78, 5) is 26.6. The fraction of sp³-hybridized carbons (Fsp3) is 0.389. The third-order valence-electron chi connectivity index (χ3n) is 4.53. The Hall–Kier alpha value is -2.63. The summed E-state index contributed by atoms with van der Waals surface area (Å²) in [6, 6.07) is 11.1. The molecule has 0 spiro atoms. The molecule has 1 aromatic heterocycles. The Labute approximate surface area is 139 Å². The highest BCUT2D eigenvalue weighted by atomic mass is 16.5. The van der Waals surface area contributed by atoms with E-state index in [4.69, 9.17) is 4.52 Å². The molecule has 0 bridgehead atoms. The third kappa shape index (κ3) is 2.91. The fourth-order valence-electron chi connectivity index (χ4n) is 3.07. The van der Waals surface area contributed by atoms with E-state index < -0.39 is 6.04 Å². The molecule has 1 aromatic carbocycles. The topological polar surface area (TPSA) is 75.4 Å². The van der Waals surface area contributed by atoms with Crippen molar-refractivity contribution in [2.45, 2.75) is 37.8 Å². The number of benzene rings is 1. The molecule has 2 aromatic rings. The molecule has 1 aliphatic carbocycles. The molecule has 2 fully saturated rings. The third-order valence-corrected chi connectivity index (χ3v) is 4.53. The highest BCUT2D eigenvalue weighted by Gasteiger charge is 2.37. The van der Waals surface area contributed by atoms with Gasteiger partial charge >= 0.3 is 0 Å². The van der Waals surface area contributed by atoms with Crippen LogP contribution in [0.1, 0.15) is 36.2 Å². The van der Waals surface area contributed by atoms with Crippen LogP contribution >= 0.6 is 0 Å². The van der Waals surface area contributed by atoms with Gasteiger partial charge in [0.2, 0.25) is 11.7 Å². The van der Waals surface area contributed by atoms with Gasteiger partial charge in [0.1, 0.15) is 11.7 Å². The van der Waals surface area contributed by atoms with Crippen LogP contribution in [0.2, 0.25) is 0 Å². The second-order valence-corrected chi connectivity index (χ2v) is 6.38. The first-order valence-corrected chi connectivity index (χ1v) is 8.36. The number of hydrogen-bond donors (Lipinski definition) is 1. The van der Waals surface area contributed by atoms with E-state index in [0.29, 0.717) is 24.7 Å². The van der Waals surface area contributed by atoms with Gasteiger partial charge in [0.15, 0.2) is 0 Å². The molecule has 24 heavy (non-hydrogen) atoms. The second-order valence-electron chi connectivity index (χ2n) is 6.38. The zero-order chi connectivity index (χ0) is 16.5. The van der Waals surface area contributed by atoms with Crippen LogP contribution in [0.4, 0.5) is 0 Å². The minimum absolute atomic E-state index is 0.0499. The van der Waals surface area contributed by atoms with Crippen molar-refractivity contribution < 1.29 is 14.1 Å². The second kappa shape index (κ2) is 6.11. The molecule has 6 heteroatoms. The largest absolute Gasteiger partial charge is 0.352 e. The molecule has 2 amide bonds. The summed E-state index contributed by atoms with van der Waals surface area (Å²) in [6.45, 7) is 0.572. The normalized spacial score (nSPS) is 20.2. The molecule has 2 aliphatic rings. The van der Waals surface area contributed by atoms with Crippen LogP contribution in [0.5, 0.6) is 0 Å². The van der Waals surface area contributed by atoms with Crippen molar-refractivity contribution in [2.75, 3.05) is 6.54 Å². The Bertz CT molecular complexity index is 752. The summed E-state index contributed by atoms with van der Waals surface area (Å²) >= 11 is 0. The van der Waals surface area contributed by atoms with Crippen molar-refractivity contribution in [3.05, 3.63) is 42.2 Å². The van der Waals surface area contributed by atoms with Gasteiger partial charge < -0.3 is 14.7 Å². The number of nitrogens with zero attached hydrogens (tertiary/aromatic N) is 2. The van der Waals surface area contributed by atoms with Gasteiger partial charge in [0.25, 0.3) is 5.91 Å². The average Bonchev–Trinajstić information content (AvgIpc) is 3.12. The Balaban J connectivity index is 1.50. The number of carbonyl (C=O) groups excluding carboxylic acids is 2. The van der Waals surface area contributed by atoms with Crippen molar-refractivity contribution in [2.24, 2.45) is 0 Å². The molecule has 1 unspecified atom stereocenters. The van der Waals surface area contributed by atoms with Gasteiger partial charge in [-0.1, -0.05) is 35.5 Å². The molecule has 1 saturated heterocycles. The monoisotopic (exact) mass is 325 g/mol. The Morgan fingerprint density at radius 2 is 1.96 bits per heavy atom. The van der Waals surface area contributed by atoms with E-state index in [9.17, 15) is 9.59 Å². The fourth-order valence-corrected chi connectivity index (χ4v) is 3.07. The molecule has 0 radical (unpaired) electrons. The maximum absolute atomic E-state index is 12.7. The SMILES string of the molecule is O=C(NC1CC1)C1CCCN1C(=O)c1cc(-c2ccccc2)no1. The molecule has 4 rings (SSSR count). The summed E-state index contributed by atoms with van der Waals surface area (Å²) in [5.41, 5.74) is 1.52. The van der Waals surface area contributed by atoms with E-state index in [1.807, 2.05) is 30.3 Å². The molecule has 124 valence electrons. The van der Waals surface area contributed by atoms with Gasteiger partial charge in [0.05, 0.1) is 0 Å². The van der Waals surface area contributed by atoms with Gasteiger partial charge in [-0.15, -0.1) is 0 Å². The Kier molecular flexibility index (Phi) is 3.80. The molecular weight excluding hydrogens is 306 g/mol. The Morgan fingerprint density at radius 3 is 2.71 bits per heavy atom. The maximum atomic E-state index is 12.7. The summed E-state index contributed by atoms with van der Waals surface area (Å²) < 4.78 is 5.24. The summed E-state index contributed by atoms with van der Waals surface area (Å²) in [7, 11) is 0. The highest BCUT2D eigenvalue weighted by Crippen LogP contribution is 2.25. The molecule has 1 atom stereocenters. The smallest absolute Gasteiger partial charge is 0.293 e. The van der Waals surface area contributed by atoms with E-state index in [-0.39, 0.29) is 17.6 Å². The maximum Gasteiger partial charge on any atom is 0.293 e. The van der Waals surface area contributed by atoms with Crippen LogP contribution in [0.25, 0.3) is 11.3 Å². The molecule has 6 nitrogen and oxygen atoms in total. The quantitative estimate of drug-likeness (QED) is 0.935. The predicted molar refractivity (Wildman–Crippen MR) is 87.2 cm³/mol. The van der Waals surface area contributed by atoms with Gasteiger partial charge in [-0.25, -0.2) is 0 Å².